The molecule has 190 valence electrons. The Balaban J connectivity index is 1.31. The van der Waals surface area contributed by atoms with Crippen molar-refractivity contribution in [3.05, 3.63) is 52.8 Å². The van der Waals surface area contributed by atoms with E-state index >= 15 is 0 Å². The third-order valence-corrected chi connectivity index (χ3v) is 7.03. The van der Waals surface area contributed by atoms with Gasteiger partial charge in [-0.25, -0.2) is 19.3 Å². The second-order valence-corrected chi connectivity index (χ2v) is 9.80. The number of piperazine rings is 1. The van der Waals surface area contributed by atoms with Crippen LogP contribution in [0.5, 0.6) is 0 Å². The SMILES string of the molecule is CC1CC(c2ncc(-c3nc(Nc4ccc(C(=O)N5CCN(C)CC5)c(Cl)c4)ncc3F)[nH]2)CCO1. The van der Waals surface area contributed by atoms with E-state index in [0.717, 1.165) is 38.0 Å². The van der Waals surface area contributed by atoms with Crippen LogP contribution < -0.4 is 5.32 Å². The first-order chi connectivity index (χ1) is 17.4. The van der Waals surface area contributed by atoms with Crippen LogP contribution in [0.4, 0.5) is 16.0 Å². The fourth-order valence-corrected chi connectivity index (χ4v) is 4.86. The molecule has 0 radical (unpaired) electrons. The summed E-state index contributed by atoms with van der Waals surface area (Å²) >= 11 is 6.46. The highest BCUT2D eigenvalue weighted by Crippen LogP contribution is 2.30. The van der Waals surface area contributed by atoms with E-state index in [1.807, 2.05) is 18.9 Å². The van der Waals surface area contributed by atoms with Crippen LogP contribution >= 0.6 is 11.6 Å². The lowest BCUT2D eigenvalue weighted by Gasteiger charge is -2.32. The van der Waals surface area contributed by atoms with Crippen molar-refractivity contribution in [2.75, 3.05) is 45.2 Å². The zero-order valence-corrected chi connectivity index (χ0v) is 21.1. The maximum atomic E-state index is 14.6. The van der Waals surface area contributed by atoms with Crippen molar-refractivity contribution >= 4 is 29.1 Å². The first-order valence-corrected chi connectivity index (χ1v) is 12.5. The largest absolute Gasteiger partial charge is 0.378 e. The number of aromatic nitrogens is 4. The van der Waals surface area contributed by atoms with Crippen molar-refractivity contribution < 1.29 is 13.9 Å². The predicted octanol–water partition coefficient (Wildman–Crippen LogP) is 4.07. The van der Waals surface area contributed by atoms with Crippen LogP contribution in [0.15, 0.2) is 30.6 Å². The molecule has 0 saturated carbocycles. The number of nitrogens with one attached hydrogen (secondary N) is 2. The number of H-pyrrole nitrogens is 1. The monoisotopic (exact) mass is 513 g/mol. The maximum Gasteiger partial charge on any atom is 0.255 e. The summed E-state index contributed by atoms with van der Waals surface area (Å²) in [5.41, 5.74) is 1.64. The molecule has 2 aliphatic rings. The molecule has 36 heavy (non-hydrogen) atoms. The lowest BCUT2D eigenvalue weighted by molar-refractivity contribution is 0.0174. The van der Waals surface area contributed by atoms with Crippen molar-refractivity contribution in [1.29, 1.82) is 0 Å². The Morgan fingerprint density at radius 1 is 1.22 bits per heavy atom. The van der Waals surface area contributed by atoms with E-state index in [0.29, 0.717) is 41.7 Å². The summed E-state index contributed by atoms with van der Waals surface area (Å²) in [5, 5.41) is 3.38. The minimum absolute atomic E-state index is 0.0889. The van der Waals surface area contributed by atoms with Gasteiger partial charge in [0.15, 0.2) is 5.82 Å². The smallest absolute Gasteiger partial charge is 0.255 e. The Bertz CT molecular complexity index is 1240. The van der Waals surface area contributed by atoms with Crippen LogP contribution in [0, 0.1) is 5.82 Å². The van der Waals surface area contributed by atoms with Crippen molar-refractivity contribution in [1.82, 2.24) is 29.7 Å². The normalized spacial score (nSPS) is 20.9. The van der Waals surface area contributed by atoms with Gasteiger partial charge in [-0.1, -0.05) is 11.6 Å². The van der Waals surface area contributed by atoms with Crippen molar-refractivity contribution in [3.8, 4) is 11.4 Å². The molecule has 2 atom stereocenters. The lowest BCUT2D eigenvalue weighted by Crippen LogP contribution is -2.47. The fraction of sp³-hybridized carbons (Fsp3) is 0.440. The molecule has 0 bridgehead atoms. The van der Waals surface area contributed by atoms with Crippen molar-refractivity contribution in [2.24, 2.45) is 0 Å². The summed E-state index contributed by atoms with van der Waals surface area (Å²) in [4.78, 5) is 33.0. The van der Waals surface area contributed by atoms with Gasteiger partial charge in [-0.05, 0) is 45.0 Å². The first kappa shape index (κ1) is 24.6. The van der Waals surface area contributed by atoms with Crippen LogP contribution in [0.1, 0.15) is 41.9 Å². The predicted molar refractivity (Wildman–Crippen MR) is 135 cm³/mol. The molecule has 1 aromatic carbocycles. The number of anilines is 2. The molecule has 1 amide bonds. The van der Waals surface area contributed by atoms with Gasteiger partial charge in [-0.2, -0.15) is 0 Å². The Kier molecular flexibility index (Phi) is 7.17. The quantitative estimate of drug-likeness (QED) is 0.530. The average molecular weight is 514 g/mol. The lowest BCUT2D eigenvalue weighted by atomic mass is 9.96. The van der Waals surface area contributed by atoms with Crippen molar-refractivity contribution in [3.63, 3.8) is 0 Å². The Hall–Kier alpha value is -3.08. The second kappa shape index (κ2) is 10.5. The molecular formula is C25H29ClFN7O2. The zero-order valence-electron chi connectivity index (χ0n) is 20.3. The van der Waals surface area contributed by atoms with Crippen molar-refractivity contribution in [2.45, 2.75) is 31.8 Å². The van der Waals surface area contributed by atoms with Gasteiger partial charge in [0.2, 0.25) is 5.95 Å². The summed E-state index contributed by atoms with van der Waals surface area (Å²) in [5.74, 6) is 0.604. The number of aromatic amines is 1. The molecular weight excluding hydrogens is 485 g/mol. The minimum Gasteiger partial charge on any atom is -0.378 e. The average Bonchev–Trinajstić information content (AvgIpc) is 3.36. The van der Waals surface area contributed by atoms with Gasteiger partial charge < -0.3 is 24.8 Å². The molecule has 4 heterocycles. The Morgan fingerprint density at radius 2 is 2.03 bits per heavy atom. The highest BCUT2D eigenvalue weighted by atomic mass is 35.5. The molecule has 2 saturated heterocycles. The summed E-state index contributed by atoms with van der Waals surface area (Å²) in [6.45, 7) is 5.72. The molecule has 11 heteroatoms. The third kappa shape index (κ3) is 5.35. The van der Waals surface area contributed by atoms with Crippen LogP contribution in [-0.4, -0.2) is 81.6 Å². The van der Waals surface area contributed by atoms with E-state index in [1.54, 1.807) is 24.4 Å². The van der Waals surface area contributed by atoms with Gasteiger partial charge >= 0.3 is 0 Å². The van der Waals surface area contributed by atoms with Gasteiger partial charge in [0, 0.05) is 44.4 Å². The number of nitrogens with zero attached hydrogens (tertiary/aromatic N) is 5. The number of carbonyl (C=O) groups is 1. The highest BCUT2D eigenvalue weighted by molar-refractivity contribution is 6.34. The number of benzene rings is 1. The molecule has 0 aliphatic carbocycles. The van der Waals surface area contributed by atoms with Crippen LogP contribution in [0.2, 0.25) is 5.02 Å². The molecule has 0 spiro atoms. The number of hydrogen-bond donors (Lipinski definition) is 2. The van der Waals surface area contributed by atoms with E-state index < -0.39 is 5.82 Å². The molecule has 2 aromatic heterocycles. The van der Waals surface area contributed by atoms with Gasteiger partial charge in [0.05, 0.1) is 34.8 Å². The van der Waals surface area contributed by atoms with Gasteiger partial charge in [-0.3, -0.25) is 4.79 Å². The summed E-state index contributed by atoms with van der Waals surface area (Å²) in [6, 6.07) is 5.08. The zero-order chi connectivity index (χ0) is 25.2. The summed E-state index contributed by atoms with van der Waals surface area (Å²) in [6.07, 6.45) is 4.61. The van der Waals surface area contributed by atoms with Gasteiger partial charge in [0.1, 0.15) is 11.5 Å². The third-order valence-electron chi connectivity index (χ3n) is 6.71. The number of hydrogen-bond acceptors (Lipinski definition) is 7. The molecule has 2 aliphatic heterocycles. The summed E-state index contributed by atoms with van der Waals surface area (Å²) < 4.78 is 20.2. The van der Waals surface area contributed by atoms with Crippen LogP contribution in [0.3, 0.4) is 0 Å². The number of imidazole rings is 1. The molecule has 2 fully saturated rings. The number of likely N-dealkylation sites (N-methyl/N-ethyl adjacent to an activating group) is 1. The molecule has 2 unspecified atom stereocenters. The molecule has 3 aromatic rings. The van der Waals surface area contributed by atoms with E-state index in [2.05, 4.69) is 30.2 Å². The van der Waals surface area contributed by atoms with E-state index in [4.69, 9.17) is 16.3 Å². The number of carbonyl (C=O) groups excluding carboxylic acids is 1. The molecule has 9 nitrogen and oxygen atoms in total. The van der Waals surface area contributed by atoms with E-state index in [-0.39, 0.29) is 29.6 Å². The Labute approximate surface area is 214 Å². The van der Waals surface area contributed by atoms with Crippen LogP contribution in [0.25, 0.3) is 11.4 Å². The topological polar surface area (TPSA) is 99.3 Å². The standard InChI is InChI=1S/C25H29ClFN7O2/c1-15-11-16(5-10-36-15)23-28-14-21(31-23)22-20(27)13-29-25(32-22)30-17-3-4-18(19(26)12-17)24(35)34-8-6-33(2)7-9-34/h3-4,12-16H,5-11H2,1-2H3,(H,28,31)(H,29,30,32). The van der Waals surface area contributed by atoms with Crippen LogP contribution in [-0.2, 0) is 4.74 Å². The Morgan fingerprint density at radius 3 is 2.78 bits per heavy atom. The minimum atomic E-state index is -0.553. The fourth-order valence-electron chi connectivity index (χ4n) is 4.60. The number of halogens is 2. The number of rotatable bonds is 5. The molecule has 2 N–H and O–H groups in total. The van der Waals surface area contributed by atoms with E-state index in [9.17, 15) is 9.18 Å². The van der Waals surface area contributed by atoms with Gasteiger partial charge in [-0.15, -0.1) is 0 Å². The summed E-state index contributed by atoms with van der Waals surface area (Å²) in [7, 11) is 2.04. The maximum absolute atomic E-state index is 14.6. The van der Waals surface area contributed by atoms with E-state index in [1.165, 1.54) is 0 Å². The number of amides is 1. The molecule has 5 rings (SSSR count). The first-order valence-electron chi connectivity index (χ1n) is 12.1. The van der Waals surface area contributed by atoms with Gasteiger partial charge in [0.25, 0.3) is 5.91 Å². The highest BCUT2D eigenvalue weighted by Gasteiger charge is 2.25. The second-order valence-electron chi connectivity index (χ2n) is 9.39. The number of ether oxygens (including phenoxy) is 1.